The molecule has 112 valence electrons. The summed E-state index contributed by atoms with van der Waals surface area (Å²) in [7, 11) is 1.77. The van der Waals surface area contributed by atoms with Crippen LogP contribution in [-0.2, 0) is 16.6 Å². The summed E-state index contributed by atoms with van der Waals surface area (Å²) in [4.78, 5) is 22.4. The lowest BCUT2D eigenvalue weighted by atomic mass is 10.2. The van der Waals surface area contributed by atoms with Crippen molar-refractivity contribution in [2.24, 2.45) is 7.05 Å². The van der Waals surface area contributed by atoms with Crippen molar-refractivity contribution >= 4 is 34.4 Å². The number of carbonyl (C=O) groups excluding carboxylic acids is 1. The van der Waals surface area contributed by atoms with Gasteiger partial charge in [0.25, 0.3) is 5.91 Å². The highest BCUT2D eigenvalue weighted by Crippen LogP contribution is 2.29. The van der Waals surface area contributed by atoms with Gasteiger partial charge < -0.3 is 19.7 Å². The van der Waals surface area contributed by atoms with E-state index in [2.05, 4.69) is 5.32 Å². The van der Waals surface area contributed by atoms with Crippen LogP contribution in [0.1, 0.15) is 10.5 Å². The number of nitrogens with one attached hydrogen (secondary N) is 1. The summed E-state index contributed by atoms with van der Waals surface area (Å²) in [5.41, 5.74) is 1.24. The normalized spacial score (nSPS) is 10.8. The van der Waals surface area contributed by atoms with Gasteiger partial charge in [-0.2, -0.15) is 0 Å². The second-order valence-corrected chi connectivity index (χ2v) is 4.82. The molecule has 0 aliphatic carbocycles. The van der Waals surface area contributed by atoms with Gasteiger partial charge in [0.2, 0.25) is 0 Å². The van der Waals surface area contributed by atoms with Crippen LogP contribution >= 0.6 is 11.6 Å². The van der Waals surface area contributed by atoms with Gasteiger partial charge >= 0.3 is 5.97 Å². The van der Waals surface area contributed by atoms with E-state index in [1.54, 1.807) is 11.6 Å². The Morgan fingerprint density at radius 3 is 2.76 bits per heavy atom. The van der Waals surface area contributed by atoms with Crippen molar-refractivity contribution in [3.63, 3.8) is 0 Å². The molecule has 1 aromatic heterocycles. The smallest absolute Gasteiger partial charge is 0.329 e. The topological polar surface area (TPSA) is 80.6 Å². The number of fused-ring (bicyclic) bond motifs is 1. The summed E-state index contributed by atoms with van der Waals surface area (Å²) in [5, 5.41) is 12.3. The summed E-state index contributed by atoms with van der Waals surface area (Å²) in [6.07, 6.45) is 0. The maximum atomic E-state index is 12.2. The van der Waals surface area contributed by atoms with E-state index in [9.17, 15) is 9.59 Å². The monoisotopic (exact) mass is 310 g/mol. The molecule has 1 aromatic carbocycles. The number of benzene rings is 1. The molecule has 7 heteroatoms. The van der Waals surface area contributed by atoms with Gasteiger partial charge in [0, 0.05) is 24.5 Å². The lowest BCUT2D eigenvalue weighted by Crippen LogP contribution is -2.29. The summed E-state index contributed by atoms with van der Waals surface area (Å²) in [6, 6.07) is 7.47. The molecule has 0 atom stereocenters. The van der Waals surface area contributed by atoms with E-state index in [-0.39, 0.29) is 25.7 Å². The Morgan fingerprint density at radius 1 is 1.38 bits per heavy atom. The lowest BCUT2D eigenvalue weighted by molar-refractivity contribution is -0.142. The van der Waals surface area contributed by atoms with E-state index in [0.717, 1.165) is 10.9 Å². The number of carbonyl (C=O) groups is 2. The minimum Gasteiger partial charge on any atom is -0.480 e. The van der Waals surface area contributed by atoms with Gasteiger partial charge in [-0.15, -0.1) is 0 Å². The molecule has 0 saturated heterocycles. The van der Waals surface area contributed by atoms with Crippen molar-refractivity contribution in [3.8, 4) is 0 Å². The third-order valence-electron chi connectivity index (χ3n) is 3.02. The number of carboxylic acids is 1. The molecule has 0 aliphatic heterocycles. The molecule has 0 radical (unpaired) electrons. The molecular weight excluding hydrogens is 296 g/mol. The van der Waals surface area contributed by atoms with Crippen molar-refractivity contribution < 1.29 is 19.4 Å². The molecule has 21 heavy (non-hydrogen) atoms. The molecule has 2 N–H and O–H groups in total. The molecule has 2 rings (SSSR count). The molecule has 2 aromatic rings. The zero-order chi connectivity index (χ0) is 15.4. The van der Waals surface area contributed by atoms with Gasteiger partial charge in [-0.1, -0.05) is 29.8 Å². The first-order valence-electron chi connectivity index (χ1n) is 6.33. The van der Waals surface area contributed by atoms with Crippen LogP contribution in [0, 0.1) is 0 Å². The maximum Gasteiger partial charge on any atom is 0.329 e. The number of hydrogen-bond donors (Lipinski definition) is 2. The SMILES string of the molecule is Cn1c(C(=O)NCCOCC(=O)O)c(Cl)c2ccccc21. The lowest BCUT2D eigenvalue weighted by Gasteiger charge is -2.07. The third-order valence-corrected chi connectivity index (χ3v) is 3.40. The van der Waals surface area contributed by atoms with Crippen molar-refractivity contribution in [3.05, 3.63) is 35.0 Å². The van der Waals surface area contributed by atoms with Crippen LogP contribution in [0.4, 0.5) is 0 Å². The number of nitrogens with zero attached hydrogens (tertiary/aromatic N) is 1. The molecule has 0 spiro atoms. The Balaban J connectivity index is 2.04. The van der Waals surface area contributed by atoms with E-state index in [0.29, 0.717) is 10.7 Å². The van der Waals surface area contributed by atoms with E-state index in [1.165, 1.54) is 0 Å². The number of para-hydroxylation sites is 1. The van der Waals surface area contributed by atoms with E-state index < -0.39 is 5.97 Å². The number of halogens is 1. The molecule has 0 fully saturated rings. The Morgan fingerprint density at radius 2 is 2.10 bits per heavy atom. The highest BCUT2D eigenvalue weighted by atomic mass is 35.5. The molecule has 0 bridgehead atoms. The standard InChI is InChI=1S/C14H15ClN2O4/c1-17-10-5-3-2-4-9(10)12(15)13(17)14(20)16-6-7-21-8-11(18)19/h2-5H,6-8H2,1H3,(H,16,20)(H,18,19). The molecule has 0 unspecified atom stereocenters. The summed E-state index contributed by atoms with van der Waals surface area (Å²) < 4.78 is 6.57. The number of amides is 1. The van der Waals surface area contributed by atoms with Crippen LogP contribution < -0.4 is 5.32 Å². The molecule has 1 amide bonds. The van der Waals surface area contributed by atoms with Crippen molar-refractivity contribution in [1.82, 2.24) is 9.88 Å². The zero-order valence-corrected chi connectivity index (χ0v) is 12.2. The van der Waals surface area contributed by atoms with Crippen LogP contribution in [0.15, 0.2) is 24.3 Å². The van der Waals surface area contributed by atoms with Gasteiger partial charge in [-0.25, -0.2) is 4.79 Å². The van der Waals surface area contributed by atoms with Gasteiger partial charge in [-0.05, 0) is 6.07 Å². The first-order chi connectivity index (χ1) is 10.0. The van der Waals surface area contributed by atoms with E-state index >= 15 is 0 Å². The number of rotatable bonds is 6. The largest absolute Gasteiger partial charge is 0.480 e. The Hall–Kier alpha value is -2.05. The Bertz CT molecular complexity index is 642. The minimum absolute atomic E-state index is 0.125. The van der Waals surface area contributed by atoms with Crippen molar-refractivity contribution in [1.29, 1.82) is 0 Å². The fraction of sp³-hybridized carbons (Fsp3) is 0.286. The van der Waals surface area contributed by atoms with E-state index in [1.807, 2.05) is 24.3 Å². The molecule has 1 heterocycles. The van der Waals surface area contributed by atoms with E-state index in [4.69, 9.17) is 21.4 Å². The predicted octanol–water partition coefficient (Wildman–Crippen LogP) is 1.66. The highest BCUT2D eigenvalue weighted by molar-refractivity contribution is 6.38. The van der Waals surface area contributed by atoms with Gasteiger partial charge in [0.05, 0.1) is 11.6 Å². The molecular formula is C14H15ClN2O4. The van der Waals surface area contributed by atoms with Crippen LogP contribution in [-0.4, -0.2) is 41.3 Å². The second kappa shape index (κ2) is 6.60. The summed E-state index contributed by atoms with van der Waals surface area (Å²) in [5.74, 6) is -1.37. The zero-order valence-electron chi connectivity index (χ0n) is 11.4. The molecule has 0 saturated carbocycles. The van der Waals surface area contributed by atoms with Crippen LogP contribution in [0.25, 0.3) is 10.9 Å². The minimum atomic E-state index is -1.04. The Labute approximate surface area is 126 Å². The number of carboxylic acid groups (broad SMARTS) is 1. The highest BCUT2D eigenvalue weighted by Gasteiger charge is 2.19. The first-order valence-corrected chi connectivity index (χ1v) is 6.71. The predicted molar refractivity (Wildman–Crippen MR) is 78.7 cm³/mol. The number of aliphatic carboxylic acids is 1. The first kappa shape index (κ1) is 15.3. The fourth-order valence-corrected chi connectivity index (χ4v) is 2.45. The summed E-state index contributed by atoms with van der Waals surface area (Å²) in [6.45, 7) is -0.0474. The van der Waals surface area contributed by atoms with Gasteiger partial charge in [0.15, 0.2) is 0 Å². The van der Waals surface area contributed by atoms with Crippen molar-refractivity contribution in [2.75, 3.05) is 19.8 Å². The molecule has 0 aliphatic rings. The number of aromatic nitrogens is 1. The van der Waals surface area contributed by atoms with Crippen LogP contribution in [0.2, 0.25) is 5.02 Å². The maximum absolute atomic E-state index is 12.2. The van der Waals surface area contributed by atoms with Gasteiger partial charge in [-0.3, -0.25) is 4.79 Å². The number of ether oxygens (including phenoxy) is 1. The Kier molecular flexibility index (Phi) is 4.82. The summed E-state index contributed by atoms with van der Waals surface area (Å²) >= 11 is 6.25. The third kappa shape index (κ3) is 3.34. The average Bonchev–Trinajstić information content (AvgIpc) is 2.71. The fourth-order valence-electron chi connectivity index (χ4n) is 2.08. The number of hydrogen-bond acceptors (Lipinski definition) is 3. The van der Waals surface area contributed by atoms with Crippen molar-refractivity contribution in [2.45, 2.75) is 0 Å². The quantitative estimate of drug-likeness (QED) is 0.795. The second-order valence-electron chi connectivity index (χ2n) is 4.44. The van der Waals surface area contributed by atoms with Crippen LogP contribution in [0.3, 0.4) is 0 Å². The molecule has 6 nitrogen and oxygen atoms in total. The van der Waals surface area contributed by atoms with Gasteiger partial charge in [0.1, 0.15) is 12.3 Å². The van der Waals surface area contributed by atoms with Crippen LogP contribution in [0.5, 0.6) is 0 Å². The average molecular weight is 311 g/mol. The number of aryl methyl sites for hydroxylation is 1.